The molecule has 0 radical (unpaired) electrons. The molecule has 5 heteroatoms. The van der Waals surface area contributed by atoms with Gasteiger partial charge in [-0.05, 0) is 34.1 Å². The van der Waals surface area contributed by atoms with Crippen LogP contribution in [0, 0.1) is 0 Å². The lowest BCUT2D eigenvalue weighted by molar-refractivity contribution is 0.718. The van der Waals surface area contributed by atoms with Crippen LogP contribution in [0.25, 0.3) is 11.3 Å². The summed E-state index contributed by atoms with van der Waals surface area (Å²) in [6.45, 7) is 3.96. The molecule has 0 atom stereocenters. The molecule has 0 amide bonds. The Balaban J connectivity index is 2.33. The molecule has 17 heavy (non-hydrogen) atoms. The molecule has 90 valence electrons. The molecule has 0 bridgehead atoms. The molecule has 1 N–H and O–H groups in total. The van der Waals surface area contributed by atoms with Crippen molar-refractivity contribution < 1.29 is 0 Å². The summed E-state index contributed by atoms with van der Waals surface area (Å²) in [5.41, 5.74) is 3.39. The number of nitrogens with one attached hydrogen (secondary N) is 1. The molecule has 0 fully saturated rings. The first-order valence-electron chi connectivity index (χ1n) is 5.57. The van der Waals surface area contributed by atoms with E-state index in [9.17, 15) is 0 Å². The van der Waals surface area contributed by atoms with Crippen molar-refractivity contribution in [3.63, 3.8) is 0 Å². The zero-order valence-corrected chi connectivity index (χ0v) is 11.5. The summed E-state index contributed by atoms with van der Waals surface area (Å²) in [5.74, 6) is 0. The smallest absolute Gasteiger partial charge is 0.156 e. The molecule has 0 saturated carbocycles. The van der Waals surface area contributed by atoms with Crippen LogP contribution in [0.15, 0.2) is 28.9 Å². The van der Waals surface area contributed by atoms with E-state index in [0.29, 0.717) is 0 Å². The highest BCUT2D eigenvalue weighted by Crippen LogP contribution is 2.26. The largest absolute Gasteiger partial charge is 0.313 e. The Bertz CT molecular complexity index is 487. The number of aromatic nitrogens is 3. The van der Waals surface area contributed by atoms with Crippen molar-refractivity contribution in [2.75, 3.05) is 6.54 Å². The minimum Gasteiger partial charge on any atom is -0.313 e. The standard InChI is InChI=1S/C12H15BrN4/c1-3-14-8-9-5-4-6-10(7-9)11-12(13)15-16-17(11)2/h4-7,14H,3,8H2,1-2H3. The summed E-state index contributed by atoms with van der Waals surface area (Å²) < 4.78 is 2.55. The van der Waals surface area contributed by atoms with Gasteiger partial charge in [0.2, 0.25) is 0 Å². The lowest BCUT2D eigenvalue weighted by Gasteiger charge is -2.06. The number of hydrogen-bond donors (Lipinski definition) is 1. The van der Waals surface area contributed by atoms with Crippen molar-refractivity contribution in [1.82, 2.24) is 20.3 Å². The minimum absolute atomic E-state index is 0.778. The van der Waals surface area contributed by atoms with Gasteiger partial charge in [-0.3, -0.25) is 0 Å². The molecular weight excluding hydrogens is 280 g/mol. The molecule has 0 unspecified atom stereocenters. The van der Waals surface area contributed by atoms with Gasteiger partial charge in [0.05, 0.1) is 0 Å². The van der Waals surface area contributed by atoms with Crippen LogP contribution in [0.1, 0.15) is 12.5 Å². The summed E-state index contributed by atoms with van der Waals surface area (Å²) in [7, 11) is 1.89. The third-order valence-electron chi connectivity index (χ3n) is 2.57. The Morgan fingerprint density at radius 3 is 2.88 bits per heavy atom. The van der Waals surface area contributed by atoms with E-state index < -0.39 is 0 Å². The zero-order valence-electron chi connectivity index (χ0n) is 9.94. The third-order valence-corrected chi connectivity index (χ3v) is 3.10. The Hall–Kier alpha value is -1.20. The van der Waals surface area contributed by atoms with Gasteiger partial charge in [-0.2, -0.15) is 0 Å². The van der Waals surface area contributed by atoms with Crippen molar-refractivity contribution in [3.05, 3.63) is 34.4 Å². The van der Waals surface area contributed by atoms with Gasteiger partial charge >= 0.3 is 0 Å². The monoisotopic (exact) mass is 294 g/mol. The number of benzene rings is 1. The molecule has 1 aromatic carbocycles. The molecule has 1 aromatic heterocycles. The molecule has 1 heterocycles. The minimum atomic E-state index is 0.778. The van der Waals surface area contributed by atoms with Crippen LogP contribution >= 0.6 is 15.9 Å². The van der Waals surface area contributed by atoms with E-state index in [1.807, 2.05) is 7.05 Å². The molecule has 2 rings (SSSR count). The lowest BCUT2D eigenvalue weighted by Crippen LogP contribution is -2.11. The molecule has 0 aliphatic carbocycles. The summed E-state index contributed by atoms with van der Waals surface area (Å²) >= 11 is 3.42. The number of aryl methyl sites for hydroxylation is 1. The van der Waals surface area contributed by atoms with Gasteiger partial charge in [-0.1, -0.05) is 30.3 Å². The topological polar surface area (TPSA) is 42.7 Å². The zero-order chi connectivity index (χ0) is 12.3. The Morgan fingerprint density at radius 1 is 1.41 bits per heavy atom. The Kier molecular flexibility index (Phi) is 3.91. The third kappa shape index (κ3) is 2.73. The number of rotatable bonds is 4. The lowest BCUT2D eigenvalue weighted by atomic mass is 10.1. The second-order valence-electron chi connectivity index (χ2n) is 3.83. The quantitative estimate of drug-likeness (QED) is 0.941. The van der Waals surface area contributed by atoms with Crippen LogP contribution in [0.4, 0.5) is 0 Å². The van der Waals surface area contributed by atoms with E-state index in [1.54, 1.807) is 4.68 Å². The van der Waals surface area contributed by atoms with Crippen molar-refractivity contribution in [2.24, 2.45) is 7.05 Å². The number of hydrogen-bond acceptors (Lipinski definition) is 3. The normalized spacial score (nSPS) is 10.8. The molecular formula is C12H15BrN4. The fraction of sp³-hybridized carbons (Fsp3) is 0.333. The van der Waals surface area contributed by atoms with Crippen molar-refractivity contribution in [1.29, 1.82) is 0 Å². The number of halogens is 1. The van der Waals surface area contributed by atoms with E-state index in [1.165, 1.54) is 5.56 Å². The highest BCUT2D eigenvalue weighted by molar-refractivity contribution is 9.10. The van der Waals surface area contributed by atoms with E-state index in [0.717, 1.165) is 29.0 Å². The second-order valence-corrected chi connectivity index (χ2v) is 4.58. The van der Waals surface area contributed by atoms with E-state index in [4.69, 9.17) is 0 Å². The first-order chi connectivity index (χ1) is 8.22. The van der Waals surface area contributed by atoms with E-state index >= 15 is 0 Å². The van der Waals surface area contributed by atoms with Crippen LogP contribution in [0.2, 0.25) is 0 Å². The first-order valence-corrected chi connectivity index (χ1v) is 6.37. The SMILES string of the molecule is CCNCc1cccc(-c2c(Br)nnn2C)c1. The molecule has 2 aromatic rings. The fourth-order valence-electron chi connectivity index (χ4n) is 1.74. The maximum Gasteiger partial charge on any atom is 0.156 e. The summed E-state index contributed by atoms with van der Waals surface area (Å²) in [5, 5.41) is 11.3. The van der Waals surface area contributed by atoms with Gasteiger partial charge in [-0.15, -0.1) is 5.10 Å². The molecule has 0 aliphatic rings. The maximum atomic E-state index is 4.00. The predicted octanol–water partition coefficient (Wildman–Crippen LogP) is 2.35. The van der Waals surface area contributed by atoms with Gasteiger partial charge in [0.15, 0.2) is 4.60 Å². The first kappa shape index (κ1) is 12.3. The van der Waals surface area contributed by atoms with Gasteiger partial charge < -0.3 is 5.32 Å². The van der Waals surface area contributed by atoms with Gasteiger partial charge in [0.25, 0.3) is 0 Å². The highest BCUT2D eigenvalue weighted by atomic mass is 79.9. The fourth-order valence-corrected chi connectivity index (χ4v) is 2.29. The number of nitrogens with zero attached hydrogens (tertiary/aromatic N) is 3. The van der Waals surface area contributed by atoms with E-state index in [-0.39, 0.29) is 0 Å². The Labute approximate surface area is 109 Å². The average molecular weight is 295 g/mol. The maximum absolute atomic E-state index is 4.00. The Morgan fingerprint density at radius 2 is 2.24 bits per heavy atom. The van der Waals surface area contributed by atoms with Crippen LogP contribution in [0.3, 0.4) is 0 Å². The summed E-state index contributed by atoms with van der Waals surface area (Å²) in [6, 6.07) is 8.40. The van der Waals surface area contributed by atoms with Crippen molar-refractivity contribution in [3.8, 4) is 11.3 Å². The average Bonchev–Trinajstić information content (AvgIpc) is 2.67. The molecule has 0 spiro atoms. The van der Waals surface area contributed by atoms with Crippen LogP contribution in [0.5, 0.6) is 0 Å². The summed E-state index contributed by atoms with van der Waals surface area (Å²) in [6.07, 6.45) is 0. The van der Waals surface area contributed by atoms with Crippen LogP contribution < -0.4 is 5.32 Å². The predicted molar refractivity (Wildman–Crippen MR) is 71.5 cm³/mol. The summed E-state index contributed by atoms with van der Waals surface area (Å²) in [4.78, 5) is 0. The van der Waals surface area contributed by atoms with Crippen LogP contribution in [-0.4, -0.2) is 21.5 Å². The van der Waals surface area contributed by atoms with Gasteiger partial charge in [0.1, 0.15) is 5.69 Å². The van der Waals surface area contributed by atoms with Gasteiger partial charge in [-0.25, -0.2) is 4.68 Å². The highest BCUT2D eigenvalue weighted by Gasteiger charge is 2.10. The second kappa shape index (κ2) is 5.42. The van der Waals surface area contributed by atoms with Crippen molar-refractivity contribution in [2.45, 2.75) is 13.5 Å². The van der Waals surface area contributed by atoms with Gasteiger partial charge in [0, 0.05) is 19.2 Å². The molecule has 0 saturated heterocycles. The molecule has 0 aliphatic heterocycles. The molecule has 4 nitrogen and oxygen atoms in total. The van der Waals surface area contributed by atoms with E-state index in [2.05, 4.69) is 62.7 Å². The van der Waals surface area contributed by atoms with Crippen LogP contribution in [-0.2, 0) is 13.6 Å². The van der Waals surface area contributed by atoms with Crippen molar-refractivity contribution >= 4 is 15.9 Å².